The molecule has 12 heavy (non-hydrogen) atoms. The normalized spacial score (nSPS) is 10.1. The van der Waals surface area contributed by atoms with E-state index in [0.29, 0.717) is 5.89 Å². The second-order valence-electron chi connectivity index (χ2n) is 2.34. The second-order valence-corrected chi connectivity index (χ2v) is 2.34. The first kappa shape index (κ1) is 7.03. The van der Waals surface area contributed by atoms with Crippen molar-refractivity contribution in [3.05, 3.63) is 42.5 Å². The molecule has 2 aromatic rings. The van der Waals surface area contributed by atoms with Gasteiger partial charge in [0, 0.05) is 5.56 Å². The van der Waals surface area contributed by atoms with Crippen molar-refractivity contribution >= 4 is 0 Å². The lowest BCUT2D eigenvalue weighted by molar-refractivity contribution is 0.574. The van der Waals surface area contributed by atoms with Gasteiger partial charge < -0.3 is 4.42 Å². The van der Waals surface area contributed by atoms with Gasteiger partial charge in [-0.25, -0.2) is 9.37 Å². The number of rotatable bonds is 1. The van der Waals surface area contributed by atoms with Crippen molar-refractivity contribution in [1.82, 2.24) is 4.98 Å². The standard InChI is InChI=1S/C9H6FNO/c10-8-3-1-7(2-4-8)9-11-5-6-12-9/h1-6H. The summed E-state index contributed by atoms with van der Waals surface area (Å²) in [6, 6.07) is 6.00. The number of benzene rings is 1. The van der Waals surface area contributed by atoms with Crippen molar-refractivity contribution in [3.63, 3.8) is 0 Å². The molecule has 0 saturated carbocycles. The van der Waals surface area contributed by atoms with Crippen LogP contribution in [0.5, 0.6) is 0 Å². The van der Waals surface area contributed by atoms with E-state index in [-0.39, 0.29) is 5.82 Å². The fraction of sp³-hybridized carbons (Fsp3) is 0. The smallest absolute Gasteiger partial charge is 0.225 e. The van der Waals surface area contributed by atoms with Crippen LogP contribution in [0.3, 0.4) is 0 Å². The highest BCUT2D eigenvalue weighted by atomic mass is 19.1. The minimum atomic E-state index is -0.259. The third-order valence-corrected chi connectivity index (χ3v) is 1.52. The topological polar surface area (TPSA) is 26.0 Å². The molecule has 0 saturated heterocycles. The van der Waals surface area contributed by atoms with Crippen LogP contribution in [0.4, 0.5) is 4.39 Å². The van der Waals surface area contributed by atoms with Crippen LogP contribution in [0.25, 0.3) is 11.5 Å². The Balaban J connectivity index is 2.43. The molecule has 2 nitrogen and oxygen atoms in total. The maximum absolute atomic E-state index is 12.5. The van der Waals surface area contributed by atoms with Crippen LogP contribution in [0, 0.1) is 5.82 Å². The minimum Gasteiger partial charge on any atom is -0.445 e. The SMILES string of the molecule is Fc1ccc(-c2ncco2)cc1. The molecule has 0 amide bonds. The van der Waals surface area contributed by atoms with Gasteiger partial charge in [-0.05, 0) is 24.3 Å². The Hall–Kier alpha value is -1.64. The van der Waals surface area contributed by atoms with E-state index >= 15 is 0 Å². The van der Waals surface area contributed by atoms with Gasteiger partial charge in [-0.1, -0.05) is 0 Å². The van der Waals surface area contributed by atoms with Gasteiger partial charge in [0.2, 0.25) is 5.89 Å². The summed E-state index contributed by atoms with van der Waals surface area (Å²) in [6.07, 6.45) is 3.04. The van der Waals surface area contributed by atoms with Crippen LogP contribution in [-0.2, 0) is 0 Å². The fourth-order valence-electron chi connectivity index (χ4n) is 0.958. The lowest BCUT2D eigenvalue weighted by Crippen LogP contribution is -1.77. The molecule has 0 spiro atoms. The molecule has 0 atom stereocenters. The van der Waals surface area contributed by atoms with Crippen LogP contribution in [-0.4, -0.2) is 4.98 Å². The van der Waals surface area contributed by atoms with Gasteiger partial charge in [-0.3, -0.25) is 0 Å². The van der Waals surface area contributed by atoms with Gasteiger partial charge in [-0.15, -0.1) is 0 Å². The number of oxazole rings is 1. The molecular weight excluding hydrogens is 157 g/mol. The molecule has 0 radical (unpaired) electrons. The number of nitrogens with zero attached hydrogens (tertiary/aromatic N) is 1. The first-order chi connectivity index (χ1) is 5.86. The quantitative estimate of drug-likeness (QED) is 0.645. The molecule has 0 bridgehead atoms. The van der Waals surface area contributed by atoms with E-state index in [1.165, 1.54) is 18.4 Å². The molecule has 60 valence electrons. The number of hydrogen-bond acceptors (Lipinski definition) is 2. The Bertz CT molecular complexity index is 353. The molecule has 3 heteroatoms. The summed E-state index contributed by atoms with van der Waals surface area (Å²) in [5.74, 6) is 0.250. The summed E-state index contributed by atoms with van der Waals surface area (Å²) in [6.45, 7) is 0. The molecular formula is C9H6FNO. The van der Waals surface area contributed by atoms with Crippen molar-refractivity contribution < 1.29 is 8.81 Å². The van der Waals surface area contributed by atoms with Crippen molar-refractivity contribution in [2.24, 2.45) is 0 Å². The molecule has 0 N–H and O–H groups in total. The van der Waals surface area contributed by atoms with Gasteiger partial charge in [0.25, 0.3) is 0 Å². The summed E-state index contributed by atoms with van der Waals surface area (Å²) in [4.78, 5) is 3.93. The summed E-state index contributed by atoms with van der Waals surface area (Å²) in [5, 5.41) is 0. The highest BCUT2D eigenvalue weighted by molar-refractivity contribution is 5.52. The van der Waals surface area contributed by atoms with E-state index in [1.54, 1.807) is 18.3 Å². The largest absolute Gasteiger partial charge is 0.445 e. The van der Waals surface area contributed by atoms with Crippen molar-refractivity contribution in [2.45, 2.75) is 0 Å². The molecule has 0 aliphatic heterocycles. The minimum absolute atomic E-state index is 0.259. The highest BCUT2D eigenvalue weighted by Crippen LogP contribution is 2.16. The van der Waals surface area contributed by atoms with E-state index in [0.717, 1.165) is 5.56 Å². The third-order valence-electron chi connectivity index (χ3n) is 1.52. The molecule has 0 aliphatic rings. The van der Waals surface area contributed by atoms with Crippen LogP contribution in [0.15, 0.2) is 41.1 Å². The highest BCUT2D eigenvalue weighted by Gasteiger charge is 2.00. The predicted octanol–water partition coefficient (Wildman–Crippen LogP) is 2.48. The van der Waals surface area contributed by atoms with Crippen LogP contribution < -0.4 is 0 Å². The molecule has 1 heterocycles. The van der Waals surface area contributed by atoms with E-state index in [2.05, 4.69) is 4.98 Å². The summed E-state index contributed by atoms with van der Waals surface area (Å²) >= 11 is 0. The van der Waals surface area contributed by atoms with Crippen molar-refractivity contribution in [1.29, 1.82) is 0 Å². The van der Waals surface area contributed by atoms with Crippen molar-refractivity contribution in [2.75, 3.05) is 0 Å². The fourth-order valence-corrected chi connectivity index (χ4v) is 0.958. The number of hydrogen-bond donors (Lipinski definition) is 0. The molecule has 1 aromatic carbocycles. The van der Waals surface area contributed by atoms with Gasteiger partial charge in [0.05, 0.1) is 6.20 Å². The van der Waals surface area contributed by atoms with E-state index in [4.69, 9.17) is 4.42 Å². The monoisotopic (exact) mass is 163 g/mol. The van der Waals surface area contributed by atoms with Gasteiger partial charge >= 0.3 is 0 Å². The van der Waals surface area contributed by atoms with Gasteiger partial charge in [-0.2, -0.15) is 0 Å². The maximum Gasteiger partial charge on any atom is 0.225 e. The Morgan fingerprint density at radius 1 is 1.17 bits per heavy atom. The Labute approximate surface area is 68.7 Å². The zero-order valence-corrected chi connectivity index (χ0v) is 6.20. The van der Waals surface area contributed by atoms with Crippen LogP contribution in [0.2, 0.25) is 0 Å². The first-order valence-corrected chi connectivity index (χ1v) is 3.52. The van der Waals surface area contributed by atoms with E-state index in [9.17, 15) is 4.39 Å². The predicted molar refractivity (Wildman–Crippen MR) is 41.9 cm³/mol. The Morgan fingerprint density at radius 3 is 2.50 bits per heavy atom. The lowest BCUT2D eigenvalue weighted by Gasteiger charge is -1.93. The van der Waals surface area contributed by atoms with Crippen LogP contribution in [0.1, 0.15) is 0 Å². The molecule has 0 unspecified atom stereocenters. The maximum atomic E-state index is 12.5. The van der Waals surface area contributed by atoms with Gasteiger partial charge in [0.1, 0.15) is 12.1 Å². The average molecular weight is 163 g/mol. The summed E-state index contributed by atoms with van der Waals surface area (Å²) < 4.78 is 17.5. The summed E-state index contributed by atoms with van der Waals surface area (Å²) in [5.41, 5.74) is 0.779. The number of aromatic nitrogens is 1. The zero-order valence-electron chi connectivity index (χ0n) is 6.20. The summed E-state index contributed by atoms with van der Waals surface area (Å²) in [7, 11) is 0. The lowest BCUT2D eigenvalue weighted by atomic mass is 10.2. The Morgan fingerprint density at radius 2 is 1.92 bits per heavy atom. The number of halogens is 1. The first-order valence-electron chi connectivity index (χ1n) is 3.52. The van der Waals surface area contributed by atoms with Gasteiger partial charge in [0.15, 0.2) is 0 Å². The molecule has 0 fully saturated rings. The average Bonchev–Trinajstić information content (AvgIpc) is 2.58. The zero-order chi connectivity index (χ0) is 8.39. The van der Waals surface area contributed by atoms with Crippen LogP contribution >= 0.6 is 0 Å². The molecule has 0 aliphatic carbocycles. The second kappa shape index (κ2) is 2.77. The Kier molecular flexibility index (Phi) is 1.63. The van der Waals surface area contributed by atoms with E-state index < -0.39 is 0 Å². The molecule has 1 aromatic heterocycles. The van der Waals surface area contributed by atoms with Crippen molar-refractivity contribution in [3.8, 4) is 11.5 Å². The third kappa shape index (κ3) is 1.21. The van der Waals surface area contributed by atoms with E-state index in [1.807, 2.05) is 0 Å². The molecule has 2 rings (SSSR count).